The van der Waals surface area contributed by atoms with Gasteiger partial charge in [-0.05, 0) is 19.8 Å². The van der Waals surface area contributed by atoms with Crippen molar-refractivity contribution < 1.29 is 9.26 Å². The average molecular weight is 267 g/mol. The van der Waals surface area contributed by atoms with Gasteiger partial charge in [-0.2, -0.15) is 0 Å². The molecule has 18 heavy (non-hydrogen) atoms. The summed E-state index contributed by atoms with van der Waals surface area (Å²) in [7, 11) is 0. The Kier molecular flexibility index (Phi) is 3.30. The Hall–Kier alpha value is -1.01. The van der Waals surface area contributed by atoms with Crippen molar-refractivity contribution in [1.82, 2.24) is 10.5 Å². The Bertz CT molecular complexity index is 452. The summed E-state index contributed by atoms with van der Waals surface area (Å²) in [5.74, 6) is 1.90. The molecular formula is C12H17N3O2S. The third kappa shape index (κ3) is 2.54. The van der Waals surface area contributed by atoms with Gasteiger partial charge in [0.2, 0.25) is 0 Å². The highest BCUT2D eigenvalue weighted by Gasteiger charge is 2.38. The molecule has 5 nitrogen and oxygen atoms in total. The van der Waals surface area contributed by atoms with Gasteiger partial charge >= 0.3 is 0 Å². The molecule has 1 aromatic heterocycles. The van der Waals surface area contributed by atoms with E-state index < -0.39 is 0 Å². The van der Waals surface area contributed by atoms with Crippen molar-refractivity contribution in [1.29, 1.82) is 0 Å². The van der Waals surface area contributed by atoms with Crippen LogP contribution in [0.1, 0.15) is 24.3 Å². The number of aromatic nitrogens is 1. The molecule has 1 aromatic rings. The second-order valence-corrected chi connectivity index (χ2v) is 5.83. The molecule has 6 heteroatoms. The lowest BCUT2D eigenvalue weighted by Crippen LogP contribution is -2.48. The molecule has 2 saturated heterocycles. The normalized spacial score (nSPS) is 24.6. The Balaban J connectivity index is 1.61. The summed E-state index contributed by atoms with van der Waals surface area (Å²) in [4.78, 5) is 4.55. The van der Waals surface area contributed by atoms with Gasteiger partial charge in [-0.15, -0.1) is 0 Å². The first-order chi connectivity index (χ1) is 8.76. The van der Waals surface area contributed by atoms with Crippen LogP contribution in [0.4, 0.5) is 0 Å². The topological polar surface area (TPSA) is 59.7 Å². The number of hydrogen-bond donors (Lipinski definition) is 1. The largest absolute Gasteiger partial charge is 0.381 e. The molecule has 0 aromatic carbocycles. The van der Waals surface area contributed by atoms with Crippen molar-refractivity contribution in [3.05, 3.63) is 17.5 Å². The van der Waals surface area contributed by atoms with Gasteiger partial charge in [-0.3, -0.25) is 4.99 Å². The predicted octanol–water partition coefficient (Wildman–Crippen LogP) is 1.72. The summed E-state index contributed by atoms with van der Waals surface area (Å²) in [5.41, 5.74) is 1.11. The molecule has 2 aliphatic rings. The van der Waals surface area contributed by atoms with E-state index in [1.54, 1.807) is 11.8 Å². The van der Waals surface area contributed by atoms with E-state index in [-0.39, 0.29) is 5.54 Å². The molecule has 0 radical (unpaired) electrons. The Morgan fingerprint density at radius 2 is 2.33 bits per heavy atom. The minimum Gasteiger partial charge on any atom is -0.381 e. The van der Waals surface area contributed by atoms with Crippen molar-refractivity contribution in [2.45, 2.75) is 31.8 Å². The molecule has 0 atom stereocenters. The number of aliphatic imine (C=N–C) groups is 1. The summed E-state index contributed by atoms with van der Waals surface area (Å²) in [6, 6.07) is 1.92. The maximum Gasteiger partial charge on any atom is 0.158 e. The zero-order valence-corrected chi connectivity index (χ0v) is 11.3. The number of hydrogen-bond acceptors (Lipinski definition) is 5. The highest BCUT2D eigenvalue weighted by Crippen LogP contribution is 2.31. The third-order valence-corrected chi connectivity index (χ3v) is 4.56. The average Bonchev–Trinajstić information content (AvgIpc) is 2.96. The Morgan fingerprint density at radius 3 is 3.06 bits per heavy atom. The molecular weight excluding hydrogens is 250 g/mol. The SMILES string of the molecule is Cc1cc(CN=C2NC3(CCOCC3)CS2)on1. The second kappa shape index (κ2) is 4.93. The van der Waals surface area contributed by atoms with Crippen LogP contribution in [0.5, 0.6) is 0 Å². The van der Waals surface area contributed by atoms with E-state index in [9.17, 15) is 0 Å². The van der Waals surface area contributed by atoms with Crippen LogP contribution in [-0.2, 0) is 11.3 Å². The molecule has 2 aliphatic heterocycles. The highest BCUT2D eigenvalue weighted by molar-refractivity contribution is 8.14. The van der Waals surface area contributed by atoms with Gasteiger partial charge < -0.3 is 14.6 Å². The van der Waals surface area contributed by atoms with Crippen LogP contribution >= 0.6 is 11.8 Å². The molecule has 3 rings (SSSR count). The smallest absolute Gasteiger partial charge is 0.158 e. The van der Waals surface area contributed by atoms with Crippen LogP contribution in [0.25, 0.3) is 0 Å². The predicted molar refractivity (Wildman–Crippen MR) is 70.8 cm³/mol. The third-order valence-electron chi connectivity index (χ3n) is 3.36. The van der Waals surface area contributed by atoms with Gasteiger partial charge in [0.1, 0.15) is 6.54 Å². The summed E-state index contributed by atoms with van der Waals surface area (Å²) >= 11 is 1.80. The molecule has 0 amide bonds. The van der Waals surface area contributed by atoms with Gasteiger partial charge in [0, 0.05) is 25.0 Å². The van der Waals surface area contributed by atoms with Gasteiger partial charge in [-0.25, -0.2) is 0 Å². The van der Waals surface area contributed by atoms with Crippen LogP contribution in [0.3, 0.4) is 0 Å². The van der Waals surface area contributed by atoms with E-state index in [0.717, 1.165) is 48.4 Å². The number of rotatable bonds is 2. The number of thioether (sulfide) groups is 1. The molecule has 1 spiro atoms. The molecule has 0 saturated carbocycles. The van der Waals surface area contributed by atoms with Crippen molar-refractivity contribution in [3.8, 4) is 0 Å². The molecule has 0 unspecified atom stereocenters. The van der Waals surface area contributed by atoms with Gasteiger partial charge in [0.05, 0.1) is 11.2 Å². The Labute approximate surface area is 110 Å². The van der Waals surface area contributed by atoms with Crippen LogP contribution in [-0.4, -0.2) is 34.8 Å². The first-order valence-electron chi connectivity index (χ1n) is 6.21. The number of nitrogens with one attached hydrogen (secondary N) is 1. The zero-order valence-electron chi connectivity index (χ0n) is 10.4. The fourth-order valence-corrected chi connectivity index (χ4v) is 3.48. The fourth-order valence-electron chi connectivity index (χ4n) is 2.26. The maximum atomic E-state index is 5.41. The molecule has 1 N–H and O–H groups in total. The van der Waals surface area contributed by atoms with E-state index in [4.69, 9.17) is 9.26 Å². The molecule has 3 heterocycles. The number of amidine groups is 1. The van der Waals surface area contributed by atoms with E-state index in [0.29, 0.717) is 6.54 Å². The van der Waals surface area contributed by atoms with Crippen molar-refractivity contribution in [2.24, 2.45) is 4.99 Å². The van der Waals surface area contributed by atoms with Crippen LogP contribution in [0.2, 0.25) is 0 Å². The van der Waals surface area contributed by atoms with Crippen molar-refractivity contribution in [2.75, 3.05) is 19.0 Å². The lowest BCUT2D eigenvalue weighted by molar-refractivity contribution is 0.0555. The van der Waals surface area contributed by atoms with Crippen LogP contribution < -0.4 is 5.32 Å². The minimum absolute atomic E-state index is 0.207. The standard InChI is InChI=1S/C12H17N3O2S/c1-9-6-10(17-15-9)7-13-11-14-12(8-18-11)2-4-16-5-3-12/h6H,2-5,7-8H2,1H3,(H,13,14). The van der Waals surface area contributed by atoms with Gasteiger partial charge in [0.15, 0.2) is 10.9 Å². The monoisotopic (exact) mass is 267 g/mol. The summed E-state index contributed by atoms with van der Waals surface area (Å²) < 4.78 is 10.6. The first-order valence-corrected chi connectivity index (χ1v) is 7.20. The lowest BCUT2D eigenvalue weighted by atomic mass is 9.93. The quantitative estimate of drug-likeness (QED) is 0.884. The van der Waals surface area contributed by atoms with E-state index >= 15 is 0 Å². The number of nitrogens with zero attached hydrogens (tertiary/aromatic N) is 2. The lowest BCUT2D eigenvalue weighted by Gasteiger charge is -2.32. The zero-order chi connectivity index (χ0) is 12.4. The molecule has 2 fully saturated rings. The van der Waals surface area contributed by atoms with Crippen LogP contribution in [0.15, 0.2) is 15.6 Å². The number of aryl methyl sites for hydroxylation is 1. The summed E-state index contributed by atoms with van der Waals surface area (Å²) in [6.45, 7) is 4.17. The number of ether oxygens (including phenoxy) is 1. The van der Waals surface area contributed by atoms with Gasteiger partial charge in [0.25, 0.3) is 0 Å². The van der Waals surface area contributed by atoms with E-state index in [1.807, 2.05) is 13.0 Å². The van der Waals surface area contributed by atoms with Crippen molar-refractivity contribution in [3.63, 3.8) is 0 Å². The summed E-state index contributed by atoms with van der Waals surface area (Å²) in [5, 5.41) is 8.43. The minimum atomic E-state index is 0.207. The maximum absolute atomic E-state index is 5.41. The fraction of sp³-hybridized carbons (Fsp3) is 0.667. The second-order valence-electron chi connectivity index (χ2n) is 4.86. The van der Waals surface area contributed by atoms with Gasteiger partial charge in [-0.1, -0.05) is 16.9 Å². The first kappa shape index (κ1) is 12.0. The summed E-state index contributed by atoms with van der Waals surface area (Å²) in [6.07, 6.45) is 2.14. The molecule has 98 valence electrons. The highest BCUT2D eigenvalue weighted by atomic mass is 32.2. The van der Waals surface area contributed by atoms with Crippen molar-refractivity contribution >= 4 is 16.9 Å². The van der Waals surface area contributed by atoms with Crippen LogP contribution in [0, 0.1) is 6.92 Å². The van der Waals surface area contributed by atoms with E-state index in [2.05, 4.69) is 15.5 Å². The molecule has 0 bridgehead atoms. The Morgan fingerprint density at radius 1 is 1.50 bits per heavy atom. The molecule has 0 aliphatic carbocycles. The van der Waals surface area contributed by atoms with E-state index in [1.165, 1.54) is 0 Å².